The summed E-state index contributed by atoms with van der Waals surface area (Å²) >= 11 is 0. The molecule has 1 heterocycles. The molecule has 3 N–H and O–H groups in total. The first-order chi connectivity index (χ1) is 13.5. The summed E-state index contributed by atoms with van der Waals surface area (Å²) in [7, 11) is 0. The summed E-state index contributed by atoms with van der Waals surface area (Å²) < 4.78 is 2.58. The zero-order valence-corrected chi connectivity index (χ0v) is 17.7. The van der Waals surface area contributed by atoms with Crippen LogP contribution in [0.25, 0.3) is 11.0 Å². The van der Waals surface area contributed by atoms with Crippen molar-refractivity contribution in [2.75, 3.05) is 13.2 Å². The van der Waals surface area contributed by atoms with Crippen LogP contribution in [0.3, 0.4) is 0 Å². The standard InChI is InChI=1S/C21H30N4O4/c1-13(2)12-24-16-14(3)8-7-9-15(16)25(20(24)29)19(28)23-17(21(4,5)6)18(27)22-10-11-26/h7-9,17,26H,1,10-12H2,2-6H3,(H,22,27)(H,23,28)/t17-/m1/s1. The average Bonchev–Trinajstić information content (AvgIpc) is 2.89. The van der Waals surface area contributed by atoms with E-state index in [1.807, 2.05) is 40.7 Å². The first-order valence-electron chi connectivity index (χ1n) is 9.53. The van der Waals surface area contributed by atoms with Gasteiger partial charge in [0, 0.05) is 13.1 Å². The van der Waals surface area contributed by atoms with Crippen LogP contribution in [-0.2, 0) is 11.3 Å². The third-order valence-corrected chi connectivity index (χ3v) is 4.59. The lowest BCUT2D eigenvalue weighted by Gasteiger charge is -2.30. The Balaban J connectivity index is 2.53. The van der Waals surface area contributed by atoms with Crippen LogP contribution in [-0.4, -0.2) is 45.4 Å². The van der Waals surface area contributed by atoms with Crippen molar-refractivity contribution in [2.45, 2.75) is 47.2 Å². The van der Waals surface area contributed by atoms with E-state index in [1.165, 1.54) is 4.57 Å². The molecule has 2 aromatic rings. The highest BCUT2D eigenvalue weighted by molar-refractivity contribution is 5.94. The molecule has 1 atom stereocenters. The number of aromatic nitrogens is 2. The molecule has 0 aliphatic rings. The monoisotopic (exact) mass is 402 g/mol. The molecule has 1 aromatic heterocycles. The molecule has 8 nitrogen and oxygen atoms in total. The van der Waals surface area contributed by atoms with E-state index in [9.17, 15) is 14.4 Å². The molecule has 29 heavy (non-hydrogen) atoms. The van der Waals surface area contributed by atoms with Crippen molar-refractivity contribution in [1.29, 1.82) is 0 Å². The number of aryl methyl sites for hydroxylation is 1. The number of para-hydroxylation sites is 1. The predicted octanol–water partition coefficient (Wildman–Crippen LogP) is 1.77. The molecule has 0 spiro atoms. The van der Waals surface area contributed by atoms with Crippen LogP contribution in [0.2, 0.25) is 0 Å². The second kappa shape index (κ2) is 8.65. The number of fused-ring (bicyclic) bond motifs is 1. The van der Waals surface area contributed by atoms with E-state index in [4.69, 9.17) is 5.11 Å². The van der Waals surface area contributed by atoms with Crippen molar-refractivity contribution < 1.29 is 14.7 Å². The van der Waals surface area contributed by atoms with E-state index in [-0.39, 0.29) is 13.2 Å². The van der Waals surface area contributed by atoms with Gasteiger partial charge in [-0.25, -0.2) is 14.2 Å². The van der Waals surface area contributed by atoms with Crippen molar-refractivity contribution in [3.8, 4) is 0 Å². The maximum absolute atomic E-state index is 13.1. The Morgan fingerprint density at radius 1 is 1.28 bits per heavy atom. The van der Waals surface area contributed by atoms with Crippen LogP contribution in [0.4, 0.5) is 4.79 Å². The number of hydrogen-bond acceptors (Lipinski definition) is 4. The molecule has 2 rings (SSSR count). The van der Waals surface area contributed by atoms with Crippen LogP contribution < -0.4 is 16.3 Å². The number of nitrogens with one attached hydrogen (secondary N) is 2. The third kappa shape index (κ3) is 4.76. The van der Waals surface area contributed by atoms with E-state index in [0.717, 1.165) is 15.7 Å². The Kier molecular flexibility index (Phi) is 6.69. The zero-order chi connectivity index (χ0) is 21.9. The molecule has 0 saturated carbocycles. The van der Waals surface area contributed by atoms with Gasteiger partial charge in [-0.15, -0.1) is 0 Å². The van der Waals surface area contributed by atoms with Gasteiger partial charge in [-0.2, -0.15) is 0 Å². The summed E-state index contributed by atoms with van der Waals surface area (Å²) in [6.45, 7) is 13.2. The Morgan fingerprint density at radius 3 is 2.48 bits per heavy atom. The van der Waals surface area contributed by atoms with Gasteiger partial charge in [0.15, 0.2) is 0 Å². The highest BCUT2D eigenvalue weighted by Gasteiger charge is 2.34. The normalized spacial score (nSPS) is 12.6. The van der Waals surface area contributed by atoms with Gasteiger partial charge in [-0.1, -0.05) is 45.1 Å². The maximum atomic E-state index is 13.1. The predicted molar refractivity (Wildman–Crippen MR) is 113 cm³/mol. The zero-order valence-electron chi connectivity index (χ0n) is 17.7. The SMILES string of the molecule is C=C(C)Cn1c(=O)n(C(=O)N[C@H](C(=O)NCCO)C(C)(C)C)c2cccc(C)c21. The first kappa shape index (κ1) is 22.4. The molecular weight excluding hydrogens is 372 g/mol. The Labute approximate surface area is 170 Å². The largest absolute Gasteiger partial charge is 0.395 e. The van der Waals surface area contributed by atoms with E-state index < -0.39 is 29.1 Å². The number of aliphatic hydroxyl groups excluding tert-OH is 1. The molecule has 0 aliphatic carbocycles. The smallest absolute Gasteiger partial charge is 0.337 e. The molecule has 8 heteroatoms. The molecule has 0 unspecified atom stereocenters. The number of imidazole rings is 1. The van der Waals surface area contributed by atoms with Crippen LogP contribution in [0.1, 0.15) is 33.3 Å². The number of benzene rings is 1. The van der Waals surface area contributed by atoms with Crippen LogP contribution in [0.15, 0.2) is 35.1 Å². The highest BCUT2D eigenvalue weighted by atomic mass is 16.3. The van der Waals surface area contributed by atoms with Crippen LogP contribution >= 0.6 is 0 Å². The van der Waals surface area contributed by atoms with Gasteiger partial charge in [0.25, 0.3) is 0 Å². The first-order valence-corrected chi connectivity index (χ1v) is 9.53. The number of carbonyl (C=O) groups is 2. The number of hydrogen-bond donors (Lipinski definition) is 3. The van der Waals surface area contributed by atoms with Crippen molar-refractivity contribution in [3.63, 3.8) is 0 Å². The van der Waals surface area contributed by atoms with Crippen molar-refractivity contribution in [3.05, 3.63) is 46.4 Å². The number of allylic oxidation sites excluding steroid dienone is 1. The van der Waals surface area contributed by atoms with E-state index in [0.29, 0.717) is 17.6 Å². The van der Waals surface area contributed by atoms with Crippen LogP contribution in [0, 0.1) is 12.3 Å². The quantitative estimate of drug-likeness (QED) is 0.640. The minimum Gasteiger partial charge on any atom is -0.395 e. The van der Waals surface area contributed by atoms with Gasteiger partial charge in [0.2, 0.25) is 5.91 Å². The molecule has 2 amide bonds. The molecule has 158 valence electrons. The summed E-state index contributed by atoms with van der Waals surface area (Å²) in [5.41, 5.74) is 1.68. The Bertz CT molecular complexity index is 995. The summed E-state index contributed by atoms with van der Waals surface area (Å²) in [5.74, 6) is -0.421. The second-order valence-corrected chi connectivity index (χ2v) is 8.37. The lowest BCUT2D eigenvalue weighted by atomic mass is 9.86. The number of amides is 2. The minimum atomic E-state index is -0.891. The van der Waals surface area contributed by atoms with Crippen molar-refractivity contribution in [2.24, 2.45) is 5.41 Å². The van der Waals surface area contributed by atoms with Gasteiger partial charge in [0.05, 0.1) is 17.6 Å². The molecule has 0 aliphatic heterocycles. The average molecular weight is 402 g/mol. The fourth-order valence-corrected chi connectivity index (χ4v) is 3.25. The number of rotatable bonds is 6. The van der Waals surface area contributed by atoms with Crippen LogP contribution in [0.5, 0.6) is 0 Å². The second-order valence-electron chi connectivity index (χ2n) is 8.37. The molecule has 0 fully saturated rings. The Hall–Kier alpha value is -2.87. The van der Waals surface area contributed by atoms with Gasteiger partial charge in [0.1, 0.15) is 6.04 Å². The van der Waals surface area contributed by atoms with E-state index >= 15 is 0 Å². The minimum absolute atomic E-state index is 0.0817. The topological polar surface area (TPSA) is 105 Å². The lowest BCUT2D eigenvalue weighted by Crippen LogP contribution is -2.55. The van der Waals surface area contributed by atoms with Gasteiger partial charge < -0.3 is 15.7 Å². The number of aliphatic hydroxyl groups is 1. The van der Waals surface area contributed by atoms with Gasteiger partial charge >= 0.3 is 11.7 Å². The fraction of sp³-hybridized carbons (Fsp3) is 0.476. The fourth-order valence-electron chi connectivity index (χ4n) is 3.25. The van der Waals surface area contributed by atoms with Gasteiger partial charge in [-0.3, -0.25) is 9.36 Å². The molecule has 0 bridgehead atoms. The molecule has 0 saturated heterocycles. The molecular formula is C21H30N4O4. The van der Waals surface area contributed by atoms with Gasteiger partial charge in [-0.05, 0) is 30.9 Å². The summed E-state index contributed by atoms with van der Waals surface area (Å²) in [5, 5.41) is 14.2. The molecule has 1 aromatic carbocycles. The number of nitrogens with zero attached hydrogens (tertiary/aromatic N) is 2. The van der Waals surface area contributed by atoms with Crippen molar-refractivity contribution in [1.82, 2.24) is 19.8 Å². The number of carbonyl (C=O) groups excluding carboxylic acids is 2. The van der Waals surface area contributed by atoms with E-state index in [1.54, 1.807) is 12.1 Å². The summed E-state index contributed by atoms with van der Waals surface area (Å²) in [6.07, 6.45) is 0. The maximum Gasteiger partial charge on any atom is 0.337 e. The van der Waals surface area contributed by atoms with Crippen molar-refractivity contribution >= 4 is 23.0 Å². The summed E-state index contributed by atoms with van der Waals surface area (Å²) in [4.78, 5) is 38.7. The highest BCUT2D eigenvalue weighted by Crippen LogP contribution is 2.21. The summed E-state index contributed by atoms with van der Waals surface area (Å²) in [6, 6.07) is 3.79. The lowest BCUT2D eigenvalue weighted by molar-refractivity contribution is -0.125. The Morgan fingerprint density at radius 2 is 1.93 bits per heavy atom. The molecule has 0 radical (unpaired) electrons. The third-order valence-electron chi connectivity index (χ3n) is 4.59. The van der Waals surface area contributed by atoms with E-state index in [2.05, 4.69) is 17.2 Å².